The highest BCUT2D eigenvalue weighted by atomic mass is 35.5. The van der Waals surface area contributed by atoms with Gasteiger partial charge < -0.3 is 4.98 Å². The monoisotopic (exact) mass is 161 g/mol. The third kappa shape index (κ3) is 1.50. The van der Waals surface area contributed by atoms with E-state index in [0.29, 0.717) is 4.90 Å². The van der Waals surface area contributed by atoms with E-state index in [1.165, 1.54) is 12.3 Å². The van der Waals surface area contributed by atoms with Crippen molar-refractivity contribution in [2.45, 2.75) is 4.90 Å². The molecular formula is C5H4ClNOS. The van der Waals surface area contributed by atoms with Crippen LogP contribution in [0.4, 0.5) is 0 Å². The zero-order valence-electron chi connectivity index (χ0n) is 4.39. The van der Waals surface area contributed by atoms with Gasteiger partial charge in [-0.3, -0.25) is 4.79 Å². The maximum Gasteiger partial charge on any atom is 0.266 e. The van der Waals surface area contributed by atoms with Gasteiger partial charge in [0.15, 0.2) is 0 Å². The Kier molecular flexibility index (Phi) is 1.83. The van der Waals surface area contributed by atoms with Crippen LogP contribution in [0.5, 0.6) is 0 Å². The Morgan fingerprint density at radius 2 is 2.33 bits per heavy atom. The molecule has 0 bridgehead atoms. The number of aromatic amines is 1. The largest absolute Gasteiger partial charge is 0.327 e. The Hall–Kier alpha value is -0.410. The van der Waals surface area contributed by atoms with Gasteiger partial charge >= 0.3 is 0 Å². The van der Waals surface area contributed by atoms with Crippen LogP contribution in [0.3, 0.4) is 0 Å². The number of H-pyrrole nitrogens is 1. The van der Waals surface area contributed by atoms with Gasteiger partial charge in [-0.1, -0.05) is 11.6 Å². The standard InChI is InChI=1S/C5H4ClNOS/c6-4-1-3(9)2-7-5(4)8/h1-2,9H,(H,7,8). The first-order valence-corrected chi connectivity index (χ1v) is 3.10. The second kappa shape index (κ2) is 2.45. The van der Waals surface area contributed by atoms with E-state index in [-0.39, 0.29) is 10.6 Å². The highest BCUT2D eigenvalue weighted by Gasteiger charge is 1.92. The quantitative estimate of drug-likeness (QED) is 0.553. The Bertz CT molecular complexity index is 270. The minimum atomic E-state index is -0.283. The first-order chi connectivity index (χ1) is 4.20. The molecule has 0 spiro atoms. The fraction of sp³-hybridized carbons (Fsp3) is 0. The molecule has 2 nitrogen and oxygen atoms in total. The molecule has 9 heavy (non-hydrogen) atoms. The van der Waals surface area contributed by atoms with Crippen molar-refractivity contribution in [3.8, 4) is 0 Å². The molecule has 1 aromatic rings. The zero-order valence-corrected chi connectivity index (χ0v) is 6.04. The van der Waals surface area contributed by atoms with Crippen molar-refractivity contribution in [3.05, 3.63) is 27.6 Å². The molecular weight excluding hydrogens is 158 g/mol. The van der Waals surface area contributed by atoms with E-state index in [0.717, 1.165) is 0 Å². The number of pyridine rings is 1. The summed E-state index contributed by atoms with van der Waals surface area (Å²) >= 11 is 9.37. The Balaban J connectivity index is 3.34. The summed E-state index contributed by atoms with van der Waals surface area (Å²) in [5, 5.41) is 0.169. The predicted octanol–water partition coefficient (Wildman–Crippen LogP) is 1.32. The zero-order chi connectivity index (χ0) is 6.85. The minimum Gasteiger partial charge on any atom is -0.327 e. The van der Waals surface area contributed by atoms with Crippen molar-refractivity contribution in [1.82, 2.24) is 4.98 Å². The molecule has 0 amide bonds. The van der Waals surface area contributed by atoms with Crippen LogP contribution < -0.4 is 5.56 Å². The van der Waals surface area contributed by atoms with Crippen LogP contribution in [0, 0.1) is 0 Å². The van der Waals surface area contributed by atoms with Gasteiger partial charge in [0.25, 0.3) is 5.56 Å². The molecule has 0 aromatic carbocycles. The van der Waals surface area contributed by atoms with Crippen molar-refractivity contribution < 1.29 is 0 Å². The van der Waals surface area contributed by atoms with Gasteiger partial charge in [0.05, 0.1) is 0 Å². The van der Waals surface area contributed by atoms with Crippen LogP contribution in [0.1, 0.15) is 0 Å². The van der Waals surface area contributed by atoms with Crippen LogP contribution in [-0.2, 0) is 0 Å². The molecule has 1 N–H and O–H groups in total. The predicted molar refractivity (Wildman–Crippen MR) is 39.3 cm³/mol. The second-order valence-corrected chi connectivity index (χ2v) is 2.46. The van der Waals surface area contributed by atoms with E-state index >= 15 is 0 Å². The average molecular weight is 162 g/mol. The Morgan fingerprint density at radius 3 is 2.78 bits per heavy atom. The summed E-state index contributed by atoms with van der Waals surface area (Å²) in [6.07, 6.45) is 1.48. The number of thiol groups is 1. The van der Waals surface area contributed by atoms with Crippen LogP contribution in [0.15, 0.2) is 22.0 Å². The molecule has 0 aliphatic heterocycles. The fourth-order valence-electron chi connectivity index (χ4n) is 0.445. The summed E-state index contributed by atoms with van der Waals surface area (Å²) in [6, 6.07) is 1.49. The van der Waals surface area contributed by atoms with Gasteiger partial charge in [-0.2, -0.15) is 0 Å². The van der Waals surface area contributed by atoms with Crippen molar-refractivity contribution in [2.24, 2.45) is 0 Å². The van der Waals surface area contributed by atoms with Crippen LogP contribution in [0.25, 0.3) is 0 Å². The molecule has 4 heteroatoms. The Labute approximate surface area is 62.3 Å². The number of hydrogen-bond acceptors (Lipinski definition) is 2. The summed E-state index contributed by atoms with van der Waals surface area (Å²) in [5.74, 6) is 0. The summed E-state index contributed by atoms with van der Waals surface area (Å²) in [4.78, 5) is 13.6. The summed E-state index contributed by atoms with van der Waals surface area (Å²) in [6.45, 7) is 0. The molecule has 1 aromatic heterocycles. The number of hydrogen-bond donors (Lipinski definition) is 2. The third-order valence-corrected chi connectivity index (χ3v) is 1.38. The minimum absolute atomic E-state index is 0.169. The number of halogens is 1. The van der Waals surface area contributed by atoms with Crippen LogP contribution in [-0.4, -0.2) is 4.98 Å². The van der Waals surface area contributed by atoms with Gasteiger partial charge in [0.2, 0.25) is 0 Å². The summed E-state index contributed by atoms with van der Waals surface area (Å²) in [5.41, 5.74) is -0.283. The molecule has 0 radical (unpaired) electrons. The van der Waals surface area contributed by atoms with Crippen LogP contribution >= 0.6 is 24.2 Å². The van der Waals surface area contributed by atoms with Gasteiger partial charge in [0, 0.05) is 11.1 Å². The molecule has 1 rings (SSSR count). The van der Waals surface area contributed by atoms with E-state index in [1.807, 2.05) is 0 Å². The highest BCUT2D eigenvalue weighted by Crippen LogP contribution is 2.06. The smallest absolute Gasteiger partial charge is 0.266 e. The number of nitrogens with one attached hydrogen (secondary N) is 1. The summed E-state index contributed by atoms with van der Waals surface area (Å²) in [7, 11) is 0. The molecule has 0 aliphatic carbocycles. The SMILES string of the molecule is O=c1[nH]cc(S)cc1Cl. The molecule has 0 atom stereocenters. The molecule has 0 fully saturated rings. The van der Waals surface area contributed by atoms with Gasteiger partial charge in [-0.05, 0) is 6.07 Å². The van der Waals surface area contributed by atoms with Crippen molar-refractivity contribution in [3.63, 3.8) is 0 Å². The molecule has 0 unspecified atom stereocenters. The van der Waals surface area contributed by atoms with Gasteiger partial charge in [-0.15, -0.1) is 12.6 Å². The highest BCUT2D eigenvalue weighted by molar-refractivity contribution is 7.80. The summed E-state index contributed by atoms with van der Waals surface area (Å²) < 4.78 is 0. The fourth-order valence-corrected chi connectivity index (χ4v) is 0.887. The van der Waals surface area contributed by atoms with E-state index in [4.69, 9.17) is 11.6 Å². The van der Waals surface area contributed by atoms with E-state index in [2.05, 4.69) is 17.6 Å². The van der Waals surface area contributed by atoms with E-state index in [1.54, 1.807) is 0 Å². The van der Waals surface area contributed by atoms with Crippen molar-refractivity contribution in [1.29, 1.82) is 0 Å². The normalized spacial score (nSPS) is 9.56. The average Bonchev–Trinajstić information content (AvgIpc) is 1.80. The molecule has 0 saturated carbocycles. The van der Waals surface area contributed by atoms with E-state index < -0.39 is 0 Å². The lowest BCUT2D eigenvalue weighted by atomic mass is 10.5. The third-order valence-electron chi connectivity index (χ3n) is 0.843. The lowest BCUT2D eigenvalue weighted by Crippen LogP contribution is -2.03. The first kappa shape index (κ1) is 6.71. The topological polar surface area (TPSA) is 32.9 Å². The second-order valence-electron chi connectivity index (χ2n) is 1.53. The lowest BCUT2D eigenvalue weighted by molar-refractivity contribution is 1.18. The van der Waals surface area contributed by atoms with Crippen molar-refractivity contribution >= 4 is 24.2 Å². The first-order valence-electron chi connectivity index (χ1n) is 2.27. The maximum absolute atomic E-state index is 10.5. The van der Waals surface area contributed by atoms with Gasteiger partial charge in [0.1, 0.15) is 5.02 Å². The number of aromatic nitrogens is 1. The molecule has 48 valence electrons. The molecule has 0 aliphatic rings. The molecule has 1 heterocycles. The Morgan fingerprint density at radius 1 is 1.67 bits per heavy atom. The van der Waals surface area contributed by atoms with Crippen LogP contribution in [0.2, 0.25) is 5.02 Å². The maximum atomic E-state index is 10.5. The van der Waals surface area contributed by atoms with Crippen molar-refractivity contribution in [2.75, 3.05) is 0 Å². The molecule has 0 saturated heterocycles. The van der Waals surface area contributed by atoms with Gasteiger partial charge in [-0.25, -0.2) is 0 Å². The number of rotatable bonds is 0. The van der Waals surface area contributed by atoms with E-state index in [9.17, 15) is 4.79 Å². The lowest BCUT2D eigenvalue weighted by Gasteiger charge is -1.88.